The summed E-state index contributed by atoms with van der Waals surface area (Å²) in [6.45, 7) is 2.26. The smallest absolute Gasteiger partial charge is 0.362 e. The Labute approximate surface area is 197 Å². The molecule has 1 fully saturated rings. The number of nitro benzene ring substituents is 1. The third-order valence-electron chi connectivity index (χ3n) is 5.65. The first kappa shape index (κ1) is 23.6. The number of alkyl halides is 3. The minimum absolute atomic E-state index is 0.0887. The fraction of sp³-hybridized carbons (Fsp3) is 0.273. The van der Waals surface area contributed by atoms with Gasteiger partial charge in [-0.25, -0.2) is 4.68 Å². The number of carbonyl (C=O) groups is 1. The van der Waals surface area contributed by atoms with E-state index < -0.39 is 28.3 Å². The van der Waals surface area contributed by atoms with Crippen LogP contribution in [0.3, 0.4) is 0 Å². The van der Waals surface area contributed by atoms with Crippen LogP contribution in [-0.4, -0.2) is 51.7 Å². The van der Waals surface area contributed by atoms with Crippen molar-refractivity contribution in [2.24, 2.45) is 0 Å². The maximum Gasteiger partial charge on any atom is 0.434 e. The monoisotopic (exact) mass is 493 g/mol. The molecule has 0 atom stereocenters. The maximum atomic E-state index is 14.0. The molecule has 1 aliphatic heterocycles. The Hall–Kier alpha value is -3.60. The van der Waals surface area contributed by atoms with Gasteiger partial charge in [0.1, 0.15) is 5.69 Å². The fourth-order valence-electron chi connectivity index (χ4n) is 3.99. The molecule has 0 radical (unpaired) electrons. The number of benzene rings is 2. The Balaban J connectivity index is 1.59. The normalized spacial score (nSPS) is 14.4. The Kier molecular flexibility index (Phi) is 6.22. The van der Waals surface area contributed by atoms with Gasteiger partial charge in [-0.3, -0.25) is 14.9 Å². The van der Waals surface area contributed by atoms with Gasteiger partial charge in [0.15, 0.2) is 5.69 Å². The van der Waals surface area contributed by atoms with Crippen LogP contribution in [0, 0.1) is 17.0 Å². The van der Waals surface area contributed by atoms with Gasteiger partial charge < -0.3 is 9.80 Å². The predicted octanol–water partition coefficient (Wildman–Crippen LogP) is 4.72. The molecule has 1 aromatic heterocycles. The lowest BCUT2D eigenvalue weighted by Crippen LogP contribution is -2.49. The van der Waals surface area contributed by atoms with Gasteiger partial charge in [0.25, 0.3) is 11.6 Å². The number of piperazine rings is 1. The van der Waals surface area contributed by atoms with E-state index in [1.807, 2.05) is 0 Å². The number of aryl methyl sites for hydroxylation is 1. The highest BCUT2D eigenvalue weighted by Crippen LogP contribution is 2.35. The van der Waals surface area contributed by atoms with Crippen LogP contribution in [0.1, 0.15) is 21.6 Å². The van der Waals surface area contributed by atoms with Crippen LogP contribution in [-0.2, 0) is 6.18 Å². The second-order valence-corrected chi connectivity index (χ2v) is 8.21. The summed E-state index contributed by atoms with van der Waals surface area (Å²) >= 11 is 5.86. The number of carbonyl (C=O) groups excluding carboxylic acids is 1. The molecule has 0 unspecified atom stereocenters. The molecule has 1 amide bonds. The van der Waals surface area contributed by atoms with Gasteiger partial charge in [-0.15, -0.1) is 0 Å². The molecular formula is C22H19ClF3N5O3. The van der Waals surface area contributed by atoms with Crippen molar-refractivity contribution in [3.05, 3.63) is 80.6 Å². The molecule has 2 heterocycles. The molecule has 2 aromatic carbocycles. The Morgan fingerprint density at radius 3 is 2.38 bits per heavy atom. The summed E-state index contributed by atoms with van der Waals surface area (Å²) in [6, 6.07) is 10.7. The van der Waals surface area contributed by atoms with Crippen molar-refractivity contribution < 1.29 is 22.9 Å². The summed E-state index contributed by atoms with van der Waals surface area (Å²) in [6.07, 6.45) is -3.87. The number of nitrogens with zero attached hydrogens (tertiary/aromatic N) is 5. The Morgan fingerprint density at radius 1 is 1.09 bits per heavy atom. The molecule has 0 spiro atoms. The molecule has 4 rings (SSSR count). The standard InChI is InChI=1S/C22H19ClF3N5O3/c1-14-4-2-3-5-17(14)30-20(22(24,25)26)16(13-27-30)21(32)29-10-8-28(9-11-29)18-7-6-15(23)12-19(18)31(33)34/h2-7,12-13H,8-11H2,1H3. The van der Waals surface area contributed by atoms with E-state index in [1.54, 1.807) is 30.0 Å². The lowest BCUT2D eigenvalue weighted by atomic mass is 10.1. The van der Waals surface area contributed by atoms with Gasteiger partial charge in [0.2, 0.25) is 0 Å². The summed E-state index contributed by atoms with van der Waals surface area (Å²) in [5.74, 6) is -0.794. The number of nitro groups is 1. The molecule has 0 aliphatic carbocycles. The van der Waals surface area contributed by atoms with E-state index in [4.69, 9.17) is 11.6 Å². The summed E-state index contributed by atoms with van der Waals surface area (Å²) in [5.41, 5.74) is -0.706. The summed E-state index contributed by atoms with van der Waals surface area (Å²) in [5, 5.41) is 15.5. The molecule has 34 heavy (non-hydrogen) atoms. The van der Waals surface area contributed by atoms with Gasteiger partial charge in [0, 0.05) is 37.3 Å². The molecule has 0 bridgehead atoms. The van der Waals surface area contributed by atoms with E-state index in [9.17, 15) is 28.1 Å². The van der Waals surface area contributed by atoms with E-state index in [0.29, 0.717) is 11.3 Å². The zero-order chi connectivity index (χ0) is 24.6. The number of rotatable bonds is 4. The summed E-state index contributed by atoms with van der Waals surface area (Å²) < 4.78 is 42.8. The van der Waals surface area contributed by atoms with Crippen molar-refractivity contribution in [1.82, 2.24) is 14.7 Å². The van der Waals surface area contributed by atoms with Crippen molar-refractivity contribution in [3.63, 3.8) is 0 Å². The van der Waals surface area contributed by atoms with Crippen molar-refractivity contribution in [2.45, 2.75) is 13.1 Å². The van der Waals surface area contributed by atoms with Crippen LogP contribution in [0.15, 0.2) is 48.7 Å². The second kappa shape index (κ2) is 8.98. The topological polar surface area (TPSA) is 84.5 Å². The number of para-hydroxylation sites is 1. The minimum Gasteiger partial charge on any atom is -0.362 e. The highest BCUT2D eigenvalue weighted by atomic mass is 35.5. The maximum absolute atomic E-state index is 14.0. The third-order valence-corrected chi connectivity index (χ3v) is 5.89. The van der Waals surface area contributed by atoms with Gasteiger partial charge in [0.05, 0.1) is 22.4 Å². The Morgan fingerprint density at radius 2 is 1.76 bits per heavy atom. The van der Waals surface area contributed by atoms with Crippen LogP contribution in [0.4, 0.5) is 24.5 Å². The van der Waals surface area contributed by atoms with Gasteiger partial charge >= 0.3 is 6.18 Å². The van der Waals surface area contributed by atoms with Crippen LogP contribution in [0.25, 0.3) is 5.69 Å². The van der Waals surface area contributed by atoms with Crippen molar-refractivity contribution in [2.75, 3.05) is 31.1 Å². The lowest BCUT2D eigenvalue weighted by molar-refractivity contribution is -0.384. The third kappa shape index (κ3) is 4.43. The molecule has 1 saturated heterocycles. The molecule has 3 aromatic rings. The molecule has 12 heteroatoms. The summed E-state index contributed by atoms with van der Waals surface area (Å²) in [7, 11) is 0. The lowest BCUT2D eigenvalue weighted by Gasteiger charge is -2.35. The van der Waals surface area contributed by atoms with E-state index >= 15 is 0 Å². The summed E-state index contributed by atoms with van der Waals surface area (Å²) in [4.78, 5) is 26.9. The van der Waals surface area contributed by atoms with E-state index in [1.165, 1.54) is 29.2 Å². The fourth-order valence-corrected chi connectivity index (χ4v) is 4.16. The predicted molar refractivity (Wildman–Crippen MR) is 120 cm³/mol. The zero-order valence-corrected chi connectivity index (χ0v) is 18.7. The van der Waals surface area contributed by atoms with E-state index in [-0.39, 0.29) is 42.6 Å². The molecule has 0 saturated carbocycles. The number of amides is 1. The molecular weight excluding hydrogens is 475 g/mol. The second-order valence-electron chi connectivity index (χ2n) is 7.77. The van der Waals surface area contributed by atoms with Crippen LogP contribution >= 0.6 is 11.6 Å². The quantitative estimate of drug-likeness (QED) is 0.388. The van der Waals surface area contributed by atoms with E-state index in [0.717, 1.165) is 10.9 Å². The average molecular weight is 494 g/mol. The molecule has 1 aliphatic rings. The highest BCUT2D eigenvalue weighted by Gasteiger charge is 2.42. The first-order valence-electron chi connectivity index (χ1n) is 10.3. The number of halogens is 4. The van der Waals surface area contributed by atoms with Gasteiger partial charge in [-0.05, 0) is 30.7 Å². The molecule has 178 valence electrons. The van der Waals surface area contributed by atoms with Crippen molar-refractivity contribution in [3.8, 4) is 5.69 Å². The van der Waals surface area contributed by atoms with Gasteiger partial charge in [-0.1, -0.05) is 29.8 Å². The first-order chi connectivity index (χ1) is 16.1. The zero-order valence-electron chi connectivity index (χ0n) is 17.9. The number of anilines is 1. The number of aromatic nitrogens is 2. The van der Waals surface area contributed by atoms with Crippen LogP contribution in [0.2, 0.25) is 5.02 Å². The largest absolute Gasteiger partial charge is 0.434 e. The van der Waals surface area contributed by atoms with Gasteiger partial charge in [-0.2, -0.15) is 18.3 Å². The Bertz CT molecular complexity index is 1250. The van der Waals surface area contributed by atoms with Crippen LogP contribution in [0.5, 0.6) is 0 Å². The average Bonchev–Trinajstić information content (AvgIpc) is 3.24. The number of hydrogen-bond acceptors (Lipinski definition) is 5. The highest BCUT2D eigenvalue weighted by molar-refractivity contribution is 6.30. The minimum atomic E-state index is -4.81. The van der Waals surface area contributed by atoms with Crippen LogP contribution < -0.4 is 4.90 Å². The molecule has 0 N–H and O–H groups in total. The SMILES string of the molecule is Cc1ccccc1-n1ncc(C(=O)N2CCN(c3ccc(Cl)cc3[N+](=O)[O-])CC2)c1C(F)(F)F. The van der Waals surface area contributed by atoms with E-state index in [2.05, 4.69) is 5.10 Å². The van der Waals surface area contributed by atoms with Crippen molar-refractivity contribution in [1.29, 1.82) is 0 Å². The van der Waals surface area contributed by atoms with Crippen molar-refractivity contribution >= 4 is 28.9 Å². The molecule has 8 nitrogen and oxygen atoms in total. The number of hydrogen-bond donors (Lipinski definition) is 0. The first-order valence-corrected chi connectivity index (χ1v) is 10.6.